The minimum atomic E-state index is 0.919. The van der Waals surface area contributed by atoms with Gasteiger partial charge in [-0.25, -0.2) is 0 Å². The largest absolute Gasteiger partial charge is 0.455 e. The van der Waals surface area contributed by atoms with Crippen molar-refractivity contribution in [2.75, 3.05) is 0 Å². The van der Waals surface area contributed by atoms with Crippen LogP contribution >= 0.6 is 0 Å². The number of benzene rings is 9. The first kappa shape index (κ1) is 26.1. The molecule has 0 atom stereocenters. The summed E-state index contributed by atoms with van der Waals surface area (Å²) in [5, 5.41) is 12.1. The molecular formula is C46H28O. The molecule has 10 aromatic rings. The minimum Gasteiger partial charge on any atom is -0.455 e. The standard InChI is InChI=1S/C46H28O/c1-2-11-29(12-3-1)32-21-22-34-26-35(24-23-33(34)25-32)44-36-15-6-8-17-38(36)45(39-18-9-7-16-37(39)44)41-20-10-19-40-42-27-30-13-4-5-14-31(30)28-43(42)47-46(40)41/h1-28H. The molecule has 0 aliphatic rings. The molecular weight excluding hydrogens is 569 g/mol. The lowest BCUT2D eigenvalue weighted by Gasteiger charge is -2.18. The minimum absolute atomic E-state index is 0.919. The van der Waals surface area contributed by atoms with Gasteiger partial charge in [-0.2, -0.15) is 0 Å². The molecule has 0 saturated heterocycles. The number of fused-ring (bicyclic) bond motifs is 7. The van der Waals surface area contributed by atoms with Crippen molar-refractivity contribution in [2.45, 2.75) is 0 Å². The molecule has 0 saturated carbocycles. The summed E-state index contributed by atoms with van der Waals surface area (Å²) >= 11 is 0. The van der Waals surface area contributed by atoms with E-state index in [1.807, 2.05) is 0 Å². The first-order chi connectivity index (χ1) is 23.3. The number of rotatable bonds is 3. The fraction of sp³-hybridized carbons (Fsp3) is 0. The van der Waals surface area contributed by atoms with E-state index < -0.39 is 0 Å². The average Bonchev–Trinajstić information content (AvgIpc) is 3.50. The summed E-state index contributed by atoms with van der Waals surface area (Å²) in [7, 11) is 0. The van der Waals surface area contributed by atoms with E-state index >= 15 is 0 Å². The maximum atomic E-state index is 6.75. The second kappa shape index (κ2) is 10.2. The van der Waals surface area contributed by atoms with Gasteiger partial charge in [0.1, 0.15) is 11.2 Å². The lowest BCUT2D eigenvalue weighted by molar-refractivity contribution is 0.670. The van der Waals surface area contributed by atoms with Gasteiger partial charge in [0.15, 0.2) is 0 Å². The van der Waals surface area contributed by atoms with Crippen molar-refractivity contribution < 1.29 is 4.42 Å². The van der Waals surface area contributed by atoms with Gasteiger partial charge in [-0.05, 0) is 89.6 Å². The van der Waals surface area contributed by atoms with Gasteiger partial charge >= 0.3 is 0 Å². The van der Waals surface area contributed by atoms with E-state index in [0.717, 1.165) is 27.5 Å². The molecule has 1 aromatic heterocycles. The van der Waals surface area contributed by atoms with Crippen LogP contribution in [0.1, 0.15) is 0 Å². The zero-order valence-corrected chi connectivity index (χ0v) is 25.6. The Morgan fingerprint density at radius 3 is 1.53 bits per heavy atom. The van der Waals surface area contributed by atoms with Crippen LogP contribution in [0.5, 0.6) is 0 Å². The highest BCUT2D eigenvalue weighted by Gasteiger charge is 2.20. The van der Waals surface area contributed by atoms with Crippen molar-refractivity contribution in [3.8, 4) is 33.4 Å². The molecule has 9 aromatic carbocycles. The average molecular weight is 597 g/mol. The first-order valence-corrected chi connectivity index (χ1v) is 16.2. The predicted molar refractivity (Wildman–Crippen MR) is 200 cm³/mol. The Labute approximate surface area is 271 Å². The number of hydrogen-bond acceptors (Lipinski definition) is 1. The second-order valence-electron chi connectivity index (χ2n) is 12.5. The Kier molecular flexibility index (Phi) is 5.64. The molecule has 0 bridgehead atoms. The molecule has 0 spiro atoms. The quantitative estimate of drug-likeness (QED) is 0.185. The molecule has 0 fully saturated rings. The van der Waals surface area contributed by atoms with Crippen LogP contribution in [-0.4, -0.2) is 0 Å². The summed E-state index contributed by atoms with van der Waals surface area (Å²) < 4.78 is 6.75. The fourth-order valence-corrected chi connectivity index (χ4v) is 7.62. The van der Waals surface area contributed by atoms with E-state index in [1.165, 1.54) is 70.9 Å². The van der Waals surface area contributed by atoms with Crippen LogP contribution in [0.25, 0.3) is 98.4 Å². The molecule has 0 aliphatic carbocycles. The molecule has 10 rings (SSSR count). The van der Waals surface area contributed by atoms with Crippen LogP contribution in [0.2, 0.25) is 0 Å². The SMILES string of the molecule is c1ccc(-c2ccc3cc(-c4c5ccccc5c(-c5cccc6c5oc5cc7ccccc7cc56)c5ccccc45)ccc3c2)cc1. The monoisotopic (exact) mass is 596 g/mol. The molecule has 47 heavy (non-hydrogen) atoms. The zero-order valence-electron chi connectivity index (χ0n) is 25.6. The fourth-order valence-electron chi connectivity index (χ4n) is 7.62. The van der Waals surface area contributed by atoms with Gasteiger partial charge in [-0.3, -0.25) is 0 Å². The Bertz CT molecular complexity index is 2780. The van der Waals surface area contributed by atoms with Gasteiger partial charge in [0.25, 0.3) is 0 Å². The predicted octanol–water partition coefficient (Wildman–Crippen LogP) is 13.2. The van der Waals surface area contributed by atoms with Crippen molar-refractivity contribution in [2.24, 2.45) is 0 Å². The normalized spacial score (nSPS) is 11.8. The van der Waals surface area contributed by atoms with Crippen LogP contribution in [-0.2, 0) is 0 Å². The van der Waals surface area contributed by atoms with E-state index in [-0.39, 0.29) is 0 Å². The molecule has 0 unspecified atom stereocenters. The number of para-hydroxylation sites is 1. The number of furan rings is 1. The summed E-state index contributed by atoms with van der Waals surface area (Å²) in [5.74, 6) is 0. The smallest absolute Gasteiger partial charge is 0.143 e. The van der Waals surface area contributed by atoms with Crippen molar-refractivity contribution in [1.82, 2.24) is 0 Å². The Balaban J connectivity index is 1.23. The van der Waals surface area contributed by atoms with Gasteiger partial charge in [0.05, 0.1) is 0 Å². The molecule has 218 valence electrons. The maximum Gasteiger partial charge on any atom is 0.143 e. The summed E-state index contributed by atoms with van der Waals surface area (Å²) in [6.45, 7) is 0. The topological polar surface area (TPSA) is 13.1 Å². The lowest BCUT2D eigenvalue weighted by atomic mass is 9.85. The van der Waals surface area contributed by atoms with Gasteiger partial charge in [-0.1, -0.05) is 146 Å². The Morgan fingerprint density at radius 1 is 0.298 bits per heavy atom. The maximum absolute atomic E-state index is 6.75. The van der Waals surface area contributed by atoms with Crippen LogP contribution < -0.4 is 0 Å². The van der Waals surface area contributed by atoms with Crippen molar-refractivity contribution >= 4 is 65.0 Å². The summed E-state index contributed by atoms with van der Waals surface area (Å²) in [6.07, 6.45) is 0. The van der Waals surface area contributed by atoms with Crippen LogP contribution in [0.4, 0.5) is 0 Å². The highest BCUT2D eigenvalue weighted by molar-refractivity contribution is 6.24. The van der Waals surface area contributed by atoms with E-state index in [0.29, 0.717) is 0 Å². The zero-order chi connectivity index (χ0) is 30.9. The molecule has 1 heterocycles. The summed E-state index contributed by atoms with van der Waals surface area (Å²) in [6, 6.07) is 61.5. The summed E-state index contributed by atoms with van der Waals surface area (Å²) in [5.41, 5.74) is 9.13. The third kappa shape index (κ3) is 4.03. The number of hydrogen-bond donors (Lipinski definition) is 0. The van der Waals surface area contributed by atoms with E-state index in [4.69, 9.17) is 4.42 Å². The molecule has 1 nitrogen and oxygen atoms in total. The highest BCUT2D eigenvalue weighted by atomic mass is 16.3. The molecule has 0 radical (unpaired) electrons. The van der Waals surface area contributed by atoms with E-state index in [9.17, 15) is 0 Å². The third-order valence-corrected chi connectivity index (χ3v) is 9.80. The highest BCUT2D eigenvalue weighted by Crippen LogP contribution is 2.47. The van der Waals surface area contributed by atoms with Gasteiger partial charge in [0, 0.05) is 21.9 Å². The Hall–Kier alpha value is -6.18. The van der Waals surface area contributed by atoms with Crippen LogP contribution in [0.3, 0.4) is 0 Å². The first-order valence-electron chi connectivity index (χ1n) is 16.2. The summed E-state index contributed by atoms with van der Waals surface area (Å²) in [4.78, 5) is 0. The van der Waals surface area contributed by atoms with Crippen LogP contribution in [0, 0.1) is 0 Å². The van der Waals surface area contributed by atoms with Crippen LogP contribution in [0.15, 0.2) is 174 Å². The molecule has 1 heteroatoms. The van der Waals surface area contributed by atoms with Gasteiger partial charge in [-0.15, -0.1) is 0 Å². The lowest BCUT2D eigenvalue weighted by Crippen LogP contribution is -1.91. The van der Waals surface area contributed by atoms with E-state index in [1.54, 1.807) is 0 Å². The van der Waals surface area contributed by atoms with Gasteiger partial charge in [0.2, 0.25) is 0 Å². The molecule has 0 amide bonds. The molecule has 0 N–H and O–H groups in total. The second-order valence-corrected chi connectivity index (χ2v) is 12.5. The third-order valence-electron chi connectivity index (χ3n) is 9.80. The van der Waals surface area contributed by atoms with Crippen molar-refractivity contribution in [3.63, 3.8) is 0 Å². The van der Waals surface area contributed by atoms with E-state index in [2.05, 4.69) is 170 Å². The van der Waals surface area contributed by atoms with Gasteiger partial charge < -0.3 is 4.42 Å². The Morgan fingerprint density at radius 2 is 0.830 bits per heavy atom. The van der Waals surface area contributed by atoms with Crippen molar-refractivity contribution in [1.29, 1.82) is 0 Å². The molecule has 0 aliphatic heterocycles. The van der Waals surface area contributed by atoms with Crippen molar-refractivity contribution in [3.05, 3.63) is 170 Å².